The van der Waals surface area contributed by atoms with Gasteiger partial charge in [-0.1, -0.05) is 0 Å². The SMILES string of the molecule is Cc1cc2cc(-c3nn(C(C)C)cc3-c3ccnc(NC[C@H](C)O)n3)cnc2n1C. The Labute approximate surface area is 175 Å². The Balaban J connectivity index is 1.81. The first-order chi connectivity index (χ1) is 14.3. The second kappa shape index (κ2) is 7.87. The van der Waals surface area contributed by atoms with Gasteiger partial charge in [-0.3, -0.25) is 4.68 Å². The summed E-state index contributed by atoms with van der Waals surface area (Å²) in [5.74, 6) is 0.476. The highest BCUT2D eigenvalue weighted by atomic mass is 16.3. The summed E-state index contributed by atoms with van der Waals surface area (Å²) in [7, 11) is 2.02. The van der Waals surface area contributed by atoms with Crippen LogP contribution in [0.1, 0.15) is 32.5 Å². The van der Waals surface area contributed by atoms with E-state index in [0.717, 1.165) is 39.2 Å². The summed E-state index contributed by atoms with van der Waals surface area (Å²) in [6, 6.07) is 6.34. The Morgan fingerprint density at radius 2 is 1.97 bits per heavy atom. The Morgan fingerprint density at radius 3 is 2.70 bits per heavy atom. The molecule has 0 aliphatic rings. The van der Waals surface area contributed by atoms with E-state index in [4.69, 9.17) is 5.10 Å². The largest absolute Gasteiger partial charge is 0.392 e. The minimum absolute atomic E-state index is 0.211. The molecule has 1 atom stereocenters. The van der Waals surface area contributed by atoms with Crippen molar-refractivity contribution in [2.75, 3.05) is 11.9 Å². The zero-order valence-corrected chi connectivity index (χ0v) is 18.0. The van der Waals surface area contributed by atoms with Gasteiger partial charge in [-0.2, -0.15) is 5.10 Å². The monoisotopic (exact) mass is 405 g/mol. The summed E-state index contributed by atoms with van der Waals surface area (Å²) in [5, 5.41) is 18.5. The fraction of sp³-hybridized carbons (Fsp3) is 0.364. The minimum Gasteiger partial charge on any atom is -0.392 e. The van der Waals surface area contributed by atoms with Crippen LogP contribution < -0.4 is 5.32 Å². The Morgan fingerprint density at radius 1 is 1.17 bits per heavy atom. The molecule has 4 aromatic heterocycles. The summed E-state index contributed by atoms with van der Waals surface area (Å²) in [6.45, 7) is 8.37. The molecule has 4 heterocycles. The van der Waals surface area contributed by atoms with E-state index in [-0.39, 0.29) is 6.04 Å². The smallest absolute Gasteiger partial charge is 0.223 e. The first-order valence-electron chi connectivity index (χ1n) is 10.1. The van der Waals surface area contributed by atoms with E-state index in [0.29, 0.717) is 12.5 Å². The molecule has 0 fully saturated rings. The highest BCUT2D eigenvalue weighted by Crippen LogP contribution is 2.32. The molecular formula is C22H27N7O. The molecule has 0 saturated carbocycles. The van der Waals surface area contributed by atoms with Crippen molar-refractivity contribution in [3.8, 4) is 22.5 Å². The predicted octanol–water partition coefficient (Wildman–Crippen LogP) is 3.58. The molecule has 0 unspecified atom stereocenters. The third-order valence-electron chi connectivity index (χ3n) is 5.13. The highest BCUT2D eigenvalue weighted by Gasteiger charge is 2.18. The van der Waals surface area contributed by atoms with Gasteiger partial charge < -0.3 is 15.0 Å². The molecule has 0 aliphatic heterocycles. The van der Waals surface area contributed by atoms with Gasteiger partial charge in [0, 0.05) is 60.4 Å². The van der Waals surface area contributed by atoms with Crippen LogP contribution in [0.2, 0.25) is 0 Å². The van der Waals surface area contributed by atoms with Gasteiger partial charge in [-0.25, -0.2) is 15.0 Å². The average Bonchev–Trinajstić information content (AvgIpc) is 3.28. The fourth-order valence-corrected chi connectivity index (χ4v) is 3.37. The molecule has 0 aromatic carbocycles. The lowest BCUT2D eigenvalue weighted by Gasteiger charge is -2.08. The van der Waals surface area contributed by atoms with Gasteiger partial charge in [-0.15, -0.1) is 0 Å². The number of aryl methyl sites for hydroxylation is 2. The van der Waals surface area contributed by atoms with E-state index in [1.807, 2.05) is 30.2 Å². The third-order valence-corrected chi connectivity index (χ3v) is 5.13. The van der Waals surface area contributed by atoms with Crippen LogP contribution in [0.5, 0.6) is 0 Å². The Kier molecular flexibility index (Phi) is 5.26. The zero-order chi connectivity index (χ0) is 21.4. The number of pyridine rings is 1. The number of rotatable bonds is 6. The summed E-state index contributed by atoms with van der Waals surface area (Å²) in [5.41, 5.74) is 5.57. The summed E-state index contributed by atoms with van der Waals surface area (Å²) < 4.78 is 4.02. The lowest BCUT2D eigenvalue weighted by Crippen LogP contribution is -2.16. The number of aliphatic hydroxyl groups excluding tert-OH is 1. The third kappa shape index (κ3) is 3.78. The maximum absolute atomic E-state index is 9.52. The van der Waals surface area contributed by atoms with Crippen LogP contribution in [0.3, 0.4) is 0 Å². The van der Waals surface area contributed by atoms with Gasteiger partial charge in [0.25, 0.3) is 0 Å². The molecule has 0 radical (unpaired) electrons. The quantitative estimate of drug-likeness (QED) is 0.509. The number of aliphatic hydroxyl groups is 1. The lowest BCUT2D eigenvalue weighted by atomic mass is 10.1. The van der Waals surface area contributed by atoms with Crippen LogP contribution in [0.4, 0.5) is 5.95 Å². The molecule has 0 aliphatic carbocycles. The van der Waals surface area contributed by atoms with Crippen molar-refractivity contribution in [2.45, 2.75) is 39.8 Å². The molecule has 4 rings (SSSR count). The molecule has 8 nitrogen and oxygen atoms in total. The molecule has 156 valence electrons. The molecule has 0 bridgehead atoms. The Hall–Kier alpha value is -3.26. The Bertz CT molecular complexity index is 1190. The second-order valence-corrected chi connectivity index (χ2v) is 7.94. The molecular weight excluding hydrogens is 378 g/mol. The number of aromatic nitrogens is 6. The van der Waals surface area contributed by atoms with Gasteiger partial charge >= 0.3 is 0 Å². The van der Waals surface area contributed by atoms with Gasteiger partial charge in [-0.05, 0) is 45.9 Å². The molecule has 0 spiro atoms. The second-order valence-electron chi connectivity index (χ2n) is 7.94. The average molecular weight is 406 g/mol. The van der Waals surface area contributed by atoms with E-state index in [1.165, 1.54) is 0 Å². The van der Waals surface area contributed by atoms with Crippen LogP contribution in [-0.4, -0.2) is 47.1 Å². The van der Waals surface area contributed by atoms with Crippen molar-refractivity contribution in [1.29, 1.82) is 0 Å². The van der Waals surface area contributed by atoms with Crippen molar-refractivity contribution in [1.82, 2.24) is 29.3 Å². The van der Waals surface area contributed by atoms with Crippen LogP contribution in [0.15, 0.2) is 36.8 Å². The van der Waals surface area contributed by atoms with Crippen LogP contribution in [0.25, 0.3) is 33.5 Å². The summed E-state index contributed by atoms with van der Waals surface area (Å²) >= 11 is 0. The van der Waals surface area contributed by atoms with E-state index in [9.17, 15) is 5.11 Å². The molecule has 4 aromatic rings. The fourth-order valence-electron chi connectivity index (χ4n) is 3.37. The van der Waals surface area contributed by atoms with Gasteiger partial charge in [0.2, 0.25) is 5.95 Å². The maximum atomic E-state index is 9.52. The van der Waals surface area contributed by atoms with Crippen molar-refractivity contribution in [2.24, 2.45) is 7.05 Å². The van der Waals surface area contributed by atoms with E-state index in [2.05, 4.69) is 57.7 Å². The van der Waals surface area contributed by atoms with Crippen LogP contribution in [-0.2, 0) is 7.05 Å². The number of hydrogen-bond acceptors (Lipinski definition) is 6. The highest BCUT2D eigenvalue weighted by molar-refractivity contribution is 5.86. The van der Waals surface area contributed by atoms with Crippen molar-refractivity contribution in [3.05, 3.63) is 42.5 Å². The van der Waals surface area contributed by atoms with Crippen molar-refractivity contribution < 1.29 is 5.11 Å². The van der Waals surface area contributed by atoms with Crippen molar-refractivity contribution >= 4 is 17.0 Å². The molecule has 8 heteroatoms. The van der Waals surface area contributed by atoms with E-state index in [1.54, 1.807) is 13.1 Å². The summed E-state index contributed by atoms with van der Waals surface area (Å²) in [6.07, 6.45) is 5.11. The van der Waals surface area contributed by atoms with Gasteiger partial charge in [0.05, 0.1) is 11.8 Å². The summed E-state index contributed by atoms with van der Waals surface area (Å²) in [4.78, 5) is 13.6. The topological polar surface area (TPSA) is 93.7 Å². The first kappa shape index (κ1) is 20.0. The molecule has 0 saturated heterocycles. The molecule has 0 amide bonds. The first-order valence-corrected chi connectivity index (χ1v) is 10.1. The van der Waals surface area contributed by atoms with Gasteiger partial charge in [0.1, 0.15) is 11.3 Å². The van der Waals surface area contributed by atoms with Crippen LogP contribution in [0, 0.1) is 6.92 Å². The molecule has 30 heavy (non-hydrogen) atoms. The number of anilines is 1. The van der Waals surface area contributed by atoms with Crippen molar-refractivity contribution in [3.63, 3.8) is 0 Å². The maximum Gasteiger partial charge on any atom is 0.223 e. The minimum atomic E-state index is -0.483. The lowest BCUT2D eigenvalue weighted by molar-refractivity contribution is 0.208. The predicted molar refractivity (Wildman–Crippen MR) is 118 cm³/mol. The molecule has 2 N–H and O–H groups in total. The number of fused-ring (bicyclic) bond motifs is 1. The standard InChI is InChI=1S/C22H27N7O/c1-13(2)29-12-18(19-6-7-23-22(26-19)25-10-15(4)30)20(27-29)17-9-16-8-14(3)28(5)21(16)24-11-17/h6-9,11-13,15,30H,10H2,1-5H3,(H,23,25,26)/t15-/m0/s1. The number of nitrogens with one attached hydrogen (secondary N) is 1. The van der Waals surface area contributed by atoms with Crippen LogP contribution >= 0.6 is 0 Å². The number of hydrogen-bond donors (Lipinski definition) is 2. The normalized spacial score (nSPS) is 12.6. The van der Waals surface area contributed by atoms with E-state index < -0.39 is 6.10 Å². The van der Waals surface area contributed by atoms with Gasteiger partial charge in [0.15, 0.2) is 0 Å². The van der Waals surface area contributed by atoms with E-state index >= 15 is 0 Å². The number of nitrogens with zero attached hydrogens (tertiary/aromatic N) is 6. The zero-order valence-electron chi connectivity index (χ0n) is 18.0.